The molecule has 0 aromatic carbocycles. The SMILES string of the molecule is C=CC[C@@H](O)[C@H](C)[C@H]1OC(C)(C)O[C@H]1CO. The summed E-state index contributed by atoms with van der Waals surface area (Å²) in [7, 11) is 0. The Morgan fingerprint density at radius 2 is 2.06 bits per heavy atom. The van der Waals surface area contributed by atoms with Gasteiger partial charge in [-0.15, -0.1) is 6.58 Å². The van der Waals surface area contributed by atoms with E-state index in [-0.39, 0.29) is 24.7 Å². The van der Waals surface area contributed by atoms with Crippen LogP contribution in [0.2, 0.25) is 0 Å². The van der Waals surface area contributed by atoms with Crippen LogP contribution >= 0.6 is 0 Å². The molecule has 94 valence electrons. The Morgan fingerprint density at radius 1 is 1.44 bits per heavy atom. The largest absolute Gasteiger partial charge is 0.394 e. The highest BCUT2D eigenvalue weighted by atomic mass is 16.8. The first kappa shape index (κ1) is 13.6. The lowest BCUT2D eigenvalue weighted by atomic mass is 9.92. The minimum Gasteiger partial charge on any atom is -0.394 e. The van der Waals surface area contributed by atoms with E-state index in [9.17, 15) is 10.2 Å². The van der Waals surface area contributed by atoms with Crippen LogP contribution in [-0.2, 0) is 9.47 Å². The highest BCUT2D eigenvalue weighted by molar-refractivity contribution is 4.89. The molecule has 1 aliphatic rings. The molecule has 0 saturated carbocycles. The molecule has 1 aliphatic heterocycles. The van der Waals surface area contributed by atoms with Gasteiger partial charge in [0.05, 0.1) is 18.8 Å². The van der Waals surface area contributed by atoms with Crippen molar-refractivity contribution in [2.45, 2.75) is 51.3 Å². The maximum atomic E-state index is 9.87. The molecule has 4 atom stereocenters. The number of hydrogen-bond donors (Lipinski definition) is 2. The van der Waals surface area contributed by atoms with Crippen molar-refractivity contribution in [2.75, 3.05) is 6.61 Å². The first-order chi connectivity index (χ1) is 7.41. The second kappa shape index (κ2) is 5.27. The van der Waals surface area contributed by atoms with Crippen molar-refractivity contribution in [3.8, 4) is 0 Å². The average molecular weight is 230 g/mol. The number of aliphatic hydroxyl groups excluding tert-OH is 2. The van der Waals surface area contributed by atoms with Gasteiger partial charge in [0.25, 0.3) is 0 Å². The van der Waals surface area contributed by atoms with Crippen molar-refractivity contribution >= 4 is 0 Å². The summed E-state index contributed by atoms with van der Waals surface area (Å²) in [5, 5.41) is 19.1. The Morgan fingerprint density at radius 3 is 2.56 bits per heavy atom. The lowest BCUT2D eigenvalue weighted by Gasteiger charge is -2.26. The van der Waals surface area contributed by atoms with Gasteiger partial charge in [0.1, 0.15) is 6.10 Å². The van der Waals surface area contributed by atoms with Crippen LogP contribution in [0.15, 0.2) is 12.7 Å². The van der Waals surface area contributed by atoms with Crippen LogP contribution in [0.4, 0.5) is 0 Å². The van der Waals surface area contributed by atoms with E-state index in [4.69, 9.17) is 9.47 Å². The van der Waals surface area contributed by atoms with E-state index >= 15 is 0 Å². The Bertz CT molecular complexity index is 239. The number of aliphatic hydroxyl groups is 2. The van der Waals surface area contributed by atoms with Gasteiger partial charge in [-0.3, -0.25) is 0 Å². The van der Waals surface area contributed by atoms with Crippen LogP contribution in [0.5, 0.6) is 0 Å². The first-order valence-corrected chi connectivity index (χ1v) is 5.66. The van der Waals surface area contributed by atoms with Crippen molar-refractivity contribution in [3.63, 3.8) is 0 Å². The molecule has 0 amide bonds. The van der Waals surface area contributed by atoms with Crippen molar-refractivity contribution < 1.29 is 19.7 Å². The summed E-state index contributed by atoms with van der Waals surface area (Å²) in [4.78, 5) is 0. The molecule has 0 radical (unpaired) electrons. The van der Waals surface area contributed by atoms with E-state index in [1.807, 2.05) is 20.8 Å². The molecule has 0 bridgehead atoms. The zero-order valence-electron chi connectivity index (χ0n) is 10.2. The summed E-state index contributed by atoms with van der Waals surface area (Å²) in [6, 6.07) is 0. The van der Waals surface area contributed by atoms with Crippen LogP contribution in [0.25, 0.3) is 0 Å². The molecular formula is C12H22O4. The fraction of sp³-hybridized carbons (Fsp3) is 0.833. The fourth-order valence-electron chi connectivity index (χ4n) is 2.05. The zero-order chi connectivity index (χ0) is 12.3. The van der Waals surface area contributed by atoms with Crippen LogP contribution in [0.3, 0.4) is 0 Å². The Labute approximate surface area is 96.9 Å². The van der Waals surface area contributed by atoms with Gasteiger partial charge < -0.3 is 19.7 Å². The zero-order valence-corrected chi connectivity index (χ0v) is 10.2. The number of ether oxygens (including phenoxy) is 2. The minimum atomic E-state index is -0.694. The molecule has 0 aromatic rings. The highest BCUT2D eigenvalue weighted by Gasteiger charge is 2.44. The van der Waals surface area contributed by atoms with E-state index in [2.05, 4.69) is 6.58 Å². The van der Waals surface area contributed by atoms with Gasteiger partial charge in [0, 0.05) is 5.92 Å². The molecule has 0 unspecified atom stereocenters. The smallest absolute Gasteiger partial charge is 0.163 e. The van der Waals surface area contributed by atoms with Crippen LogP contribution in [0, 0.1) is 5.92 Å². The third-order valence-electron chi connectivity index (χ3n) is 2.93. The van der Waals surface area contributed by atoms with Crippen LogP contribution < -0.4 is 0 Å². The predicted octanol–water partition coefficient (Wildman–Crippen LogP) is 1.07. The summed E-state index contributed by atoms with van der Waals surface area (Å²) in [5.41, 5.74) is 0. The molecule has 4 nitrogen and oxygen atoms in total. The standard InChI is InChI=1S/C12H22O4/c1-5-6-9(14)8(2)11-10(7-13)15-12(3,4)16-11/h5,8-11,13-14H,1,6-7H2,2-4H3/t8-,9+,10-,11+/m0/s1. The van der Waals surface area contributed by atoms with Crippen LogP contribution in [0.1, 0.15) is 27.2 Å². The van der Waals surface area contributed by atoms with Crippen molar-refractivity contribution in [2.24, 2.45) is 5.92 Å². The molecule has 0 aliphatic carbocycles. The third-order valence-corrected chi connectivity index (χ3v) is 2.93. The first-order valence-electron chi connectivity index (χ1n) is 5.66. The second-order valence-corrected chi connectivity index (χ2v) is 4.77. The number of rotatable bonds is 5. The molecular weight excluding hydrogens is 208 g/mol. The Balaban J connectivity index is 2.67. The Kier molecular flexibility index (Phi) is 4.50. The fourth-order valence-corrected chi connectivity index (χ4v) is 2.05. The third kappa shape index (κ3) is 3.04. The molecule has 1 saturated heterocycles. The topological polar surface area (TPSA) is 58.9 Å². The monoisotopic (exact) mass is 230 g/mol. The van der Waals surface area contributed by atoms with Crippen LogP contribution in [-0.4, -0.2) is 40.9 Å². The Hall–Kier alpha value is -0.420. The molecule has 1 fully saturated rings. The van der Waals surface area contributed by atoms with Gasteiger partial charge in [-0.1, -0.05) is 13.0 Å². The molecule has 4 heteroatoms. The average Bonchev–Trinajstić information content (AvgIpc) is 2.53. The predicted molar refractivity (Wildman–Crippen MR) is 60.9 cm³/mol. The van der Waals surface area contributed by atoms with Crippen molar-refractivity contribution in [3.05, 3.63) is 12.7 Å². The van der Waals surface area contributed by atoms with E-state index in [0.717, 1.165) is 0 Å². The van der Waals surface area contributed by atoms with E-state index in [0.29, 0.717) is 6.42 Å². The van der Waals surface area contributed by atoms with Gasteiger partial charge in [0.15, 0.2) is 5.79 Å². The van der Waals surface area contributed by atoms with Crippen molar-refractivity contribution in [1.29, 1.82) is 0 Å². The van der Waals surface area contributed by atoms with Gasteiger partial charge >= 0.3 is 0 Å². The second-order valence-electron chi connectivity index (χ2n) is 4.77. The summed E-state index contributed by atoms with van der Waals surface area (Å²) < 4.78 is 11.3. The highest BCUT2D eigenvalue weighted by Crippen LogP contribution is 2.33. The van der Waals surface area contributed by atoms with Gasteiger partial charge in [-0.05, 0) is 20.3 Å². The normalized spacial score (nSPS) is 32.3. The molecule has 16 heavy (non-hydrogen) atoms. The van der Waals surface area contributed by atoms with Crippen molar-refractivity contribution in [1.82, 2.24) is 0 Å². The van der Waals surface area contributed by atoms with E-state index < -0.39 is 11.9 Å². The summed E-state index contributed by atoms with van der Waals surface area (Å²) in [5.74, 6) is -0.794. The molecule has 2 N–H and O–H groups in total. The quantitative estimate of drug-likeness (QED) is 0.694. The van der Waals surface area contributed by atoms with Gasteiger partial charge in [-0.2, -0.15) is 0 Å². The van der Waals surface area contributed by atoms with Gasteiger partial charge in [0.2, 0.25) is 0 Å². The van der Waals surface area contributed by atoms with E-state index in [1.165, 1.54) is 0 Å². The number of hydrogen-bond acceptors (Lipinski definition) is 4. The summed E-state index contributed by atoms with van der Waals surface area (Å²) in [6.07, 6.45) is 1.02. The maximum absolute atomic E-state index is 9.87. The van der Waals surface area contributed by atoms with E-state index in [1.54, 1.807) is 6.08 Å². The minimum absolute atomic E-state index is 0.0980. The lowest BCUT2D eigenvalue weighted by Crippen LogP contribution is -2.38. The lowest BCUT2D eigenvalue weighted by molar-refractivity contribution is -0.155. The maximum Gasteiger partial charge on any atom is 0.163 e. The molecule has 0 aromatic heterocycles. The molecule has 1 heterocycles. The molecule has 0 spiro atoms. The molecule has 1 rings (SSSR count). The summed E-state index contributed by atoms with van der Waals surface area (Å²) in [6.45, 7) is 9.01. The summed E-state index contributed by atoms with van der Waals surface area (Å²) >= 11 is 0. The van der Waals surface area contributed by atoms with Gasteiger partial charge in [-0.25, -0.2) is 0 Å².